The number of hydrogen-bond donors (Lipinski definition) is 6. The molecule has 0 aliphatic carbocycles. The van der Waals surface area contributed by atoms with Gasteiger partial charge in [0.2, 0.25) is 0 Å². The predicted octanol–water partition coefficient (Wildman–Crippen LogP) is -1.60. The van der Waals surface area contributed by atoms with Gasteiger partial charge in [0.1, 0.15) is 0 Å². The molecule has 0 aliphatic heterocycles. The van der Waals surface area contributed by atoms with E-state index in [2.05, 4.69) is 5.32 Å². The number of nitrogens with one attached hydrogen (secondary N) is 1. The van der Waals surface area contributed by atoms with Crippen molar-refractivity contribution in [2.24, 2.45) is 5.92 Å². The molecule has 6 N–H and O–H groups in total. The molecule has 0 radical (unpaired) electrons. The first kappa shape index (κ1) is 19.6. The molecule has 0 aromatic carbocycles. The minimum atomic E-state index is -0.805. The lowest BCUT2D eigenvalue weighted by Gasteiger charge is -2.10. The van der Waals surface area contributed by atoms with E-state index in [1.807, 2.05) is 13.8 Å². The van der Waals surface area contributed by atoms with E-state index < -0.39 is 18.2 Å². The molecule has 0 amide bonds. The van der Waals surface area contributed by atoms with Crippen LogP contribution < -0.4 is 5.32 Å². The van der Waals surface area contributed by atoms with Crippen LogP contribution in [0.2, 0.25) is 0 Å². The Hall–Kier alpha value is -0.730. The Kier molecular flexibility index (Phi) is 13.9. The lowest BCUT2D eigenvalue weighted by atomic mass is 10.1. The number of aliphatic carboxylic acids is 1. The van der Waals surface area contributed by atoms with Gasteiger partial charge in [-0.25, -0.2) is 0 Å². The van der Waals surface area contributed by atoms with Crippen molar-refractivity contribution in [1.82, 2.24) is 5.32 Å². The van der Waals surface area contributed by atoms with Crippen molar-refractivity contribution in [3.8, 4) is 0 Å². The van der Waals surface area contributed by atoms with Gasteiger partial charge < -0.3 is 30.8 Å². The molecule has 0 aliphatic rings. The van der Waals surface area contributed by atoms with Crippen molar-refractivity contribution < 1.29 is 30.3 Å². The summed E-state index contributed by atoms with van der Waals surface area (Å²) < 4.78 is 0. The van der Waals surface area contributed by atoms with Gasteiger partial charge in [0.05, 0.1) is 25.4 Å². The SMILES string of the molecule is CC(C)CC(=O)O.OCC(O)CNCC(O)CO. The molecular weight excluding hydrogens is 242 g/mol. The highest BCUT2D eigenvalue weighted by atomic mass is 16.4. The largest absolute Gasteiger partial charge is 0.481 e. The number of carbonyl (C=O) groups is 1. The average Bonchev–Trinajstić information content (AvgIpc) is 2.27. The first-order chi connectivity index (χ1) is 8.33. The Bertz CT molecular complexity index is 190. The third-order valence-electron chi connectivity index (χ3n) is 1.76. The molecule has 0 saturated carbocycles. The molecule has 0 rings (SSSR count). The summed E-state index contributed by atoms with van der Waals surface area (Å²) in [5.41, 5.74) is 0. The van der Waals surface area contributed by atoms with Crippen molar-refractivity contribution >= 4 is 5.97 Å². The Balaban J connectivity index is 0. The standard InChI is InChI=1S/C6H15NO4.C5H10O2/c8-3-5(10)1-7-2-6(11)4-9;1-4(2)3-5(6)7/h5-11H,1-4H2;4H,3H2,1-2H3,(H,6,7). The zero-order valence-corrected chi connectivity index (χ0v) is 10.9. The topological polar surface area (TPSA) is 130 Å². The molecule has 7 nitrogen and oxygen atoms in total. The molecule has 0 aromatic rings. The van der Waals surface area contributed by atoms with Crippen LogP contribution in [-0.2, 0) is 4.79 Å². The quantitative estimate of drug-likeness (QED) is 0.312. The van der Waals surface area contributed by atoms with E-state index in [1.165, 1.54) is 0 Å². The van der Waals surface area contributed by atoms with Crippen LogP contribution in [0.3, 0.4) is 0 Å². The van der Waals surface area contributed by atoms with Gasteiger partial charge in [-0.05, 0) is 5.92 Å². The third kappa shape index (κ3) is 17.7. The van der Waals surface area contributed by atoms with Crippen LogP contribution in [0.1, 0.15) is 20.3 Å². The number of aliphatic hydroxyl groups excluding tert-OH is 4. The second kappa shape index (κ2) is 12.7. The number of aliphatic hydroxyl groups is 4. The van der Waals surface area contributed by atoms with Crippen LogP contribution in [0.25, 0.3) is 0 Å². The molecular formula is C11H25NO6. The monoisotopic (exact) mass is 267 g/mol. The number of rotatable bonds is 8. The lowest BCUT2D eigenvalue weighted by Crippen LogP contribution is -2.35. The molecule has 0 heterocycles. The summed E-state index contributed by atoms with van der Waals surface area (Å²) in [4.78, 5) is 9.81. The molecule has 7 heteroatoms. The molecule has 0 spiro atoms. The fourth-order valence-corrected chi connectivity index (χ4v) is 0.895. The molecule has 18 heavy (non-hydrogen) atoms. The molecule has 0 bridgehead atoms. The van der Waals surface area contributed by atoms with Crippen molar-refractivity contribution in [2.45, 2.75) is 32.5 Å². The molecule has 0 fully saturated rings. The van der Waals surface area contributed by atoms with Crippen LogP contribution in [0.4, 0.5) is 0 Å². The number of carboxylic acid groups (broad SMARTS) is 1. The average molecular weight is 267 g/mol. The third-order valence-corrected chi connectivity index (χ3v) is 1.76. The van der Waals surface area contributed by atoms with Crippen molar-refractivity contribution in [2.75, 3.05) is 26.3 Å². The number of carboxylic acids is 1. The van der Waals surface area contributed by atoms with Gasteiger partial charge >= 0.3 is 5.97 Å². The minimum Gasteiger partial charge on any atom is -0.481 e. The van der Waals surface area contributed by atoms with Crippen LogP contribution in [-0.4, -0.2) is 70.0 Å². The van der Waals surface area contributed by atoms with Gasteiger partial charge in [-0.2, -0.15) is 0 Å². The fourth-order valence-electron chi connectivity index (χ4n) is 0.895. The van der Waals surface area contributed by atoms with Crippen molar-refractivity contribution in [3.63, 3.8) is 0 Å². The fraction of sp³-hybridized carbons (Fsp3) is 0.909. The second-order valence-corrected chi connectivity index (χ2v) is 4.32. The summed E-state index contributed by atoms with van der Waals surface area (Å²) in [5.74, 6) is -0.438. The molecule has 2 unspecified atom stereocenters. The van der Waals surface area contributed by atoms with Gasteiger partial charge in [0.25, 0.3) is 0 Å². The molecule has 2 atom stereocenters. The lowest BCUT2D eigenvalue weighted by molar-refractivity contribution is -0.137. The van der Waals surface area contributed by atoms with E-state index in [1.54, 1.807) is 0 Å². The van der Waals surface area contributed by atoms with Crippen LogP contribution >= 0.6 is 0 Å². The minimum absolute atomic E-state index is 0.216. The van der Waals surface area contributed by atoms with Crippen LogP contribution in [0, 0.1) is 5.92 Å². The maximum absolute atomic E-state index is 9.81. The van der Waals surface area contributed by atoms with Gasteiger partial charge in [-0.15, -0.1) is 0 Å². The maximum Gasteiger partial charge on any atom is 0.303 e. The Morgan fingerprint density at radius 2 is 1.44 bits per heavy atom. The maximum atomic E-state index is 9.81. The molecule has 0 aromatic heterocycles. The van der Waals surface area contributed by atoms with Gasteiger partial charge in [-0.1, -0.05) is 13.8 Å². The normalized spacial score (nSPS) is 13.7. The summed E-state index contributed by atoms with van der Waals surface area (Å²) in [6.07, 6.45) is -1.33. The summed E-state index contributed by atoms with van der Waals surface area (Å²) in [6.45, 7) is 3.59. The van der Waals surface area contributed by atoms with E-state index in [9.17, 15) is 4.79 Å². The van der Waals surface area contributed by atoms with E-state index in [4.69, 9.17) is 25.5 Å². The molecule has 0 saturated heterocycles. The van der Waals surface area contributed by atoms with Gasteiger partial charge in [-0.3, -0.25) is 4.79 Å². The van der Waals surface area contributed by atoms with Gasteiger partial charge in [0, 0.05) is 19.5 Å². The van der Waals surface area contributed by atoms with Crippen LogP contribution in [0.15, 0.2) is 0 Å². The Labute approximate surface area is 107 Å². The summed E-state index contributed by atoms with van der Waals surface area (Å²) in [6, 6.07) is 0. The van der Waals surface area contributed by atoms with E-state index in [0.717, 1.165) is 0 Å². The van der Waals surface area contributed by atoms with Crippen molar-refractivity contribution in [1.29, 1.82) is 0 Å². The highest BCUT2D eigenvalue weighted by molar-refractivity contribution is 5.66. The number of hydrogen-bond acceptors (Lipinski definition) is 6. The summed E-state index contributed by atoms with van der Waals surface area (Å²) in [5, 5.41) is 45.0. The van der Waals surface area contributed by atoms with E-state index in [0.29, 0.717) is 0 Å². The Morgan fingerprint density at radius 1 is 1.06 bits per heavy atom. The predicted molar refractivity (Wildman–Crippen MR) is 66.1 cm³/mol. The van der Waals surface area contributed by atoms with E-state index >= 15 is 0 Å². The zero-order valence-electron chi connectivity index (χ0n) is 10.9. The van der Waals surface area contributed by atoms with E-state index in [-0.39, 0.29) is 38.6 Å². The highest BCUT2D eigenvalue weighted by Crippen LogP contribution is 1.96. The first-order valence-electron chi connectivity index (χ1n) is 5.83. The summed E-state index contributed by atoms with van der Waals surface area (Å²) >= 11 is 0. The summed E-state index contributed by atoms with van der Waals surface area (Å²) in [7, 11) is 0. The van der Waals surface area contributed by atoms with Gasteiger partial charge in [0.15, 0.2) is 0 Å². The Morgan fingerprint density at radius 3 is 1.61 bits per heavy atom. The highest BCUT2D eigenvalue weighted by Gasteiger charge is 2.03. The van der Waals surface area contributed by atoms with Crippen molar-refractivity contribution in [3.05, 3.63) is 0 Å². The zero-order chi connectivity index (χ0) is 14.6. The second-order valence-electron chi connectivity index (χ2n) is 4.32. The molecule has 110 valence electrons. The first-order valence-corrected chi connectivity index (χ1v) is 5.83. The smallest absolute Gasteiger partial charge is 0.303 e. The van der Waals surface area contributed by atoms with Crippen LogP contribution in [0.5, 0.6) is 0 Å².